The third kappa shape index (κ3) is 14.0. The molecule has 5 unspecified atom stereocenters. The average Bonchev–Trinajstić information content (AvgIpc) is 1.53. The van der Waals surface area contributed by atoms with Gasteiger partial charge in [0.2, 0.25) is 41.4 Å². The van der Waals surface area contributed by atoms with E-state index in [1.807, 2.05) is 87.4 Å². The summed E-state index contributed by atoms with van der Waals surface area (Å²) < 4.78 is 32.3. The van der Waals surface area contributed by atoms with Gasteiger partial charge in [-0.25, -0.2) is 9.55 Å². The number of fused-ring (bicyclic) bond motifs is 10. The number of aromatic nitrogens is 2. The molecule has 8 rings (SSSR count). The van der Waals surface area contributed by atoms with Gasteiger partial charge in [0.25, 0.3) is 0 Å². The number of nitrogens with two attached hydrogens (primary N) is 6. The van der Waals surface area contributed by atoms with Crippen LogP contribution in [0.5, 0.6) is 0 Å². The standard InChI is InChI=1S/C62H92N13O14P.Co/c1-29-20-39-40(21-30(29)2)75(28-70-39)57-52(84)53(41(27-76)87-57)89-90(85,86)88-31(3)26-69-49(83)18-19-59(8)37(22-46(66)80)56-62(11)61(10,25-48(68)82)36(14-17-45(65)79)51(74-62)33(5)55-60(9,24-47(67)81)34(12-15-43(63)77)38(71-55)23-42-58(6,7)35(13-16-44(64)78)50(72-42)32(4)54(59)73-56;/h20-21,23,28,31,34-38,41,50-53,56-57,76,84H,12-19,22,24-27H2,1-11H3,(H2,63,77)(H2,64,78)(H2,65,79)(H2,66,80)(H2,67,81)(H2,68,82)(H,69,83)(H,85,86);/q-4;/b42-23-,54-32-,55-33-;/t31-,34-,35-,36-,37+,38?,41-,50?,51?,52-,53-,56?,57+,59-,60+,61+,62+;/m1./s1. The zero-order valence-corrected chi connectivity index (χ0v) is 55.7. The second-order valence-corrected chi connectivity index (χ2v) is 28.9. The number of aliphatic hydroxyl groups excluding tert-OH is 2. The molecule has 7 amide bonds. The van der Waals surface area contributed by atoms with Gasteiger partial charge in [-0.1, -0.05) is 53.6 Å². The summed E-state index contributed by atoms with van der Waals surface area (Å²) in [4.78, 5) is 109. The van der Waals surface area contributed by atoms with Crippen molar-refractivity contribution in [1.29, 1.82) is 0 Å². The number of imidazole rings is 1. The Morgan fingerprint density at radius 2 is 1.32 bits per heavy atom. The summed E-state index contributed by atoms with van der Waals surface area (Å²) in [5.41, 5.74) is 36.2. The number of allylic oxidation sites excluding steroid dienone is 3. The Balaban J connectivity index is 0.0000118. The van der Waals surface area contributed by atoms with Crippen LogP contribution in [0.2, 0.25) is 0 Å². The smallest absolute Gasteiger partial charge is 0.472 e. The molecule has 7 heterocycles. The number of aryl methyl sites for hydroxylation is 2. The van der Waals surface area contributed by atoms with Crippen molar-refractivity contribution in [3.63, 3.8) is 0 Å². The van der Waals surface area contributed by atoms with E-state index in [4.69, 9.17) is 69.5 Å². The molecule has 0 spiro atoms. The zero-order valence-electron chi connectivity index (χ0n) is 53.8. The Bertz CT molecular complexity index is 3340. The van der Waals surface area contributed by atoms with Gasteiger partial charge >= 0.3 is 7.82 Å². The van der Waals surface area contributed by atoms with Gasteiger partial charge in [-0.05, 0) is 129 Å². The van der Waals surface area contributed by atoms with Gasteiger partial charge in [0, 0.05) is 68.3 Å². The van der Waals surface area contributed by atoms with E-state index < -0.39 is 161 Å². The molecule has 507 valence electrons. The summed E-state index contributed by atoms with van der Waals surface area (Å²) in [5, 5.41) is 46.9. The summed E-state index contributed by atoms with van der Waals surface area (Å²) in [5.74, 6) is -6.86. The van der Waals surface area contributed by atoms with Crippen LogP contribution < -0.4 is 39.7 Å². The Hall–Kier alpha value is -5.94. The van der Waals surface area contributed by atoms with Crippen molar-refractivity contribution in [2.75, 3.05) is 13.2 Å². The third-order valence-corrected chi connectivity index (χ3v) is 22.3. The van der Waals surface area contributed by atoms with Crippen LogP contribution in [-0.2, 0) is 68.7 Å². The molecule has 1 aromatic heterocycles. The predicted molar refractivity (Wildman–Crippen MR) is 333 cm³/mol. The molecule has 18 atom stereocenters. The van der Waals surface area contributed by atoms with Crippen molar-refractivity contribution >= 4 is 60.2 Å². The molecule has 27 nitrogen and oxygen atoms in total. The van der Waals surface area contributed by atoms with Crippen LogP contribution in [0.1, 0.15) is 150 Å². The van der Waals surface area contributed by atoms with Crippen LogP contribution in [0.15, 0.2) is 52.8 Å². The number of nitrogens with zero attached hydrogens (tertiary/aromatic N) is 6. The zero-order chi connectivity index (χ0) is 66.7. The largest absolute Gasteiger partial charge is 0.685 e. The number of carbonyl (C=O) groups excluding carboxylic acids is 7. The molecule has 0 saturated carbocycles. The molecule has 5 fully saturated rings. The Morgan fingerprint density at radius 1 is 0.747 bits per heavy atom. The maximum Gasteiger partial charge on any atom is 0.472 e. The van der Waals surface area contributed by atoms with Crippen LogP contribution in [-0.4, -0.2) is 133 Å². The van der Waals surface area contributed by atoms with E-state index in [0.717, 1.165) is 11.1 Å². The molecule has 29 heteroatoms. The summed E-state index contributed by atoms with van der Waals surface area (Å²) in [6, 6.07) is 0.417. The number of benzene rings is 1. The number of carbonyl (C=O) groups is 7. The number of primary amides is 6. The fourth-order valence-electron chi connectivity index (χ4n) is 16.1. The Morgan fingerprint density at radius 3 is 1.90 bits per heavy atom. The van der Waals surface area contributed by atoms with Crippen LogP contribution in [0.4, 0.5) is 0 Å². The minimum absolute atomic E-state index is 0. The topological polar surface area (TPSA) is 467 Å². The van der Waals surface area contributed by atoms with Gasteiger partial charge in [0.05, 0.1) is 30.1 Å². The first-order valence-corrected chi connectivity index (χ1v) is 32.4. The van der Waals surface area contributed by atoms with Crippen LogP contribution in [0, 0.1) is 59.2 Å². The molecule has 1 radical (unpaired) electrons. The van der Waals surface area contributed by atoms with E-state index >= 15 is 0 Å². The van der Waals surface area contributed by atoms with E-state index in [2.05, 4.69) is 10.3 Å². The first kappa shape index (κ1) is 72.5. The molecule has 2 aromatic rings. The van der Waals surface area contributed by atoms with Gasteiger partial charge in [-0.2, -0.15) is 17.1 Å². The number of nitrogens with one attached hydrogen (secondary N) is 1. The van der Waals surface area contributed by atoms with Crippen molar-refractivity contribution in [3.8, 4) is 0 Å². The van der Waals surface area contributed by atoms with E-state index in [9.17, 15) is 53.2 Å². The number of rotatable bonds is 26. The molecule has 6 aliphatic heterocycles. The maximum atomic E-state index is 14.4. The first-order valence-electron chi connectivity index (χ1n) is 30.9. The quantitative estimate of drug-likeness (QED) is 0.0563. The second kappa shape index (κ2) is 27.2. The van der Waals surface area contributed by atoms with Crippen LogP contribution in [0.25, 0.3) is 32.3 Å². The minimum Gasteiger partial charge on any atom is -0.685 e. The number of hydrogen-bond donors (Lipinski definition) is 10. The Kier molecular flexibility index (Phi) is 21.7. The maximum absolute atomic E-state index is 14.4. The van der Waals surface area contributed by atoms with Gasteiger partial charge in [0.1, 0.15) is 18.3 Å². The number of hydrogen-bond acceptors (Lipinski definition) is 14. The van der Waals surface area contributed by atoms with Crippen LogP contribution in [0.3, 0.4) is 0 Å². The SMILES string of the molecule is C/C1=C2/[N-]C([C@H](CC(N)=O)[C@@]2(C)CCC(=O)NC[C@@H](C)OP(=O)(O)O[C@H]2[C@@H](O)[C@@H](n3cnc4cc(C)c(C)cc43)O[C@@H]2CO)[C@]2(C)[N-]C(/C(C)=C3\[N-]C(/C=C4\[N-]C1[C@@H](CCC(N)=O)C4(C)C)[C@@H](CCC(N)=O)[C@]3(C)CC(N)=O)[C@@H](CCC(N)=O)[C@]2(C)CC(N)=O.[Co]. The monoisotopic (exact) mass is 1330 g/mol. The second-order valence-electron chi connectivity index (χ2n) is 27.5. The third-order valence-electron chi connectivity index (χ3n) is 21.2. The fraction of sp³-hybridized carbons (Fsp3) is 0.677. The van der Waals surface area contributed by atoms with Gasteiger partial charge in [0.15, 0.2) is 6.23 Å². The molecule has 1 aromatic carbocycles. The van der Waals surface area contributed by atoms with Gasteiger partial charge in [-0.15, -0.1) is 34.8 Å². The van der Waals surface area contributed by atoms with Crippen molar-refractivity contribution in [1.82, 2.24) is 14.9 Å². The predicted octanol–water partition coefficient (Wildman–Crippen LogP) is 4.85. The number of amides is 7. The number of phosphoric ester groups is 1. The number of aliphatic hydroxyl groups is 2. The molecule has 16 N–H and O–H groups in total. The summed E-state index contributed by atoms with van der Waals surface area (Å²) >= 11 is 0. The summed E-state index contributed by atoms with van der Waals surface area (Å²) in [7, 11) is -5.06. The molecule has 91 heavy (non-hydrogen) atoms. The van der Waals surface area contributed by atoms with Crippen molar-refractivity contribution in [2.45, 2.75) is 207 Å². The van der Waals surface area contributed by atoms with Gasteiger partial charge in [-0.3, -0.25) is 42.6 Å². The molecule has 8 bridgehead atoms. The summed E-state index contributed by atoms with van der Waals surface area (Å²) in [6.07, 6.45) is -3.96. The van der Waals surface area contributed by atoms with Crippen LogP contribution >= 0.6 is 7.82 Å². The Labute approximate surface area is 541 Å². The molecular weight excluding hydrogens is 1240 g/mol. The molecule has 0 aliphatic carbocycles. The van der Waals surface area contributed by atoms with Crippen molar-refractivity contribution < 1.29 is 83.8 Å². The minimum atomic E-state index is -5.06. The van der Waals surface area contributed by atoms with Crippen molar-refractivity contribution in [3.05, 3.63) is 85.2 Å². The molecule has 6 aliphatic rings. The van der Waals surface area contributed by atoms with E-state index in [1.54, 1.807) is 4.57 Å². The first-order chi connectivity index (χ1) is 41.8. The summed E-state index contributed by atoms with van der Waals surface area (Å²) in [6.45, 7) is 19.5. The molecule has 5 saturated heterocycles. The van der Waals surface area contributed by atoms with E-state index in [1.165, 1.54) is 13.3 Å². The average molecular weight is 1330 g/mol. The fourth-order valence-corrected chi connectivity index (χ4v) is 17.3. The van der Waals surface area contributed by atoms with E-state index in [-0.39, 0.29) is 94.0 Å². The van der Waals surface area contributed by atoms with Gasteiger partial charge < -0.3 is 85.4 Å². The molecular formula is C62H92CoN13O14P-4. The number of ether oxygens (including phenoxy) is 1. The number of phosphoric acid groups is 1. The normalized spacial score (nSPS) is 36.3. The van der Waals surface area contributed by atoms with Crippen molar-refractivity contribution in [2.24, 2.45) is 79.7 Å². The van der Waals surface area contributed by atoms with E-state index in [0.29, 0.717) is 39.3 Å².